The van der Waals surface area contributed by atoms with E-state index in [4.69, 9.17) is 5.73 Å². The van der Waals surface area contributed by atoms with Crippen LogP contribution in [0.5, 0.6) is 0 Å². The highest BCUT2D eigenvalue weighted by Crippen LogP contribution is 2.31. The molecule has 0 unspecified atom stereocenters. The average molecular weight is 282 g/mol. The van der Waals surface area contributed by atoms with Crippen LogP contribution in [0.1, 0.15) is 32.3 Å². The summed E-state index contributed by atoms with van der Waals surface area (Å²) in [5.41, 5.74) is 9.60. The van der Waals surface area contributed by atoms with Gasteiger partial charge < -0.3 is 10.6 Å². The molecule has 21 heavy (non-hydrogen) atoms. The molecule has 1 fully saturated rings. The number of fused-ring (bicyclic) bond motifs is 1. The van der Waals surface area contributed by atoms with Crippen LogP contribution in [-0.4, -0.2) is 23.1 Å². The SMILES string of the molecule is CC(C)=CCc1c(N)nc(N2CCCC2)c2ncccc12. The zero-order valence-corrected chi connectivity index (χ0v) is 12.8. The molecule has 3 rings (SSSR count). The zero-order chi connectivity index (χ0) is 14.8. The fraction of sp³-hybridized carbons (Fsp3) is 0.412. The molecule has 0 radical (unpaired) electrons. The van der Waals surface area contributed by atoms with Crippen molar-refractivity contribution in [2.75, 3.05) is 23.7 Å². The number of allylic oxidation sites excluding steroid dienone is 2. The summed E-state index contributed by atoms with van der Waals surface area (Å²) in [6, 6.07) is 4.08. The standard InChI is InChI=1S/C17H22N4/c1-12(2)7-8-14-13-6-5-9-19-15(13)17(20-16(14)18)21-10-3-4-11-21/h5-7,9H,3-4,8,10-11H2,1-2H3,(H2,18,20). The van der Waals surface area contributed by atoms with Gasteiger partial charge in [0.2, 0.25) is 0 Å². The Labute approximate surface area is 125 Å². The minimum Gasteiger partial charge on any atom is -0.383 e. The summed E-state index contributed by atoms with van der Waals surface area (Å²) < 4.78 is 0. The predicted molar refractivity (Wildman–Crippen MR) is 88.5 cm³/mol. The lowest BCUT2D eigenvalue weighted by Crippen LogP contribution is -2.20. The van der Waals surface area contributed by atoms with Gasteiger partial charge in [-0.05, 0) is 39.2 Å². The molecule has 0 aromatic carbocycles. The van der Waals surface area contributed by atoms with Gasteiger partial charge >= 0.3 is 0 Å². The van der Waals surface area contributed by atoms with E-state index in [1.807, 2.05) is 12.3 Å². The van der Waals surface area contributed by atoms with Crippen LogP contribution in [0.25, 0.3) is 10.9 Å². The number of nitrogens with two attached hydrogens (primary N) is 1. The van der Waals surface area contributed by atoms with Gasteiger partial charge in [0.05, 0.1) is 0 Å². The quantitative estimate of drug-likeness (QED) is 0.877. The third-order valence-corrected chi connectivity index (χ3v) is 4.00. The Morgan fingerprint density at radius 1 is 1.33 bits per heavy atom. The van der Waals surface area contributed by atoms with Crippen molar-refractivity contribution in [3.63, 3.8) is 0 Å². The van der Waals surface area contributed by atoms with Crippen LogP contribution in [0.2, 0.25) is 0 Å². The second-order valence-electron chi connectivity index (χ2n) is 5.88. The lowest BCUT2D eigenvalue weighted by Gasteiger charge is -2.20. The monoisotopic (exact) mass is 282 g/mol. The number of anilines is 2. The van der Waals surface area contributed by atoms with Crippen LogP contribution in [0.15, 0.2) is 30.0 Å². The minimum atomic E-state index is 0.634. The van der Waals surface area contributed by atoms with Crippen molar-refractivity contribution in [1.82, 2.24) is 9.97 Å². The Morgan fingerprint density at radius 3 is 2.81 bits per heavy atom. The van der Waals surface area contributed by atoms with Crippen molar-refractivity contribution in [3.8, 4) is 0 Å². The van der Waals surface area contributed by atoms with E-state index < -0.39 is 0 Å². The van der Waals surface area contributed by atoms with Gasteiger partial charge in [0.1, 0.15) is 11.3 Å². The van der Waals surface area contributed by atoms with E-state index in [0.717, 1.165) is 41.8 Å². The van der Waals surface area contributed by atoms with Crippen LogP contribution >= 0.6 is 0 Å². The summed E-state index contributed by atoms with van der Waals surface area (Å²) in [6.07, 6.45) is 7.27. The molecule has 2 aromatic heterocycles. The van der Waals surface area contributed by atoms with Gasteiger partial charge in [0, 0.05) is 30.2 Å². The maximum Gasteiger partial charge on any atom is 0.157 e. The molecule has 4 nitrogen and oxygen atoms in total. The van der Waals surface area contributed by atoms with E-state index >= 15 is 0 Å². The summed E-state index contributed by atoms with van der Waals surface area (Å²) in [4.78, 5) is 11.5. The number of rotatable bonds is 3. The third kappa shape index (κ3) is 2.71. The fourth-order valence-electron chi connectivity index (χ4n) is 2.87. The first-order chi connectivity index (χ1) is 10.2. The lowest BCUT2D eigenvalue weighted by molar-refractivity contribution is 0.942. The second kappa shape index (κ2) is 5.72. The molecule has 2 aromatic rings. The predicted octanol–water partition coefficient (Wildman–Crippen LogP) is 3.32. The van der Waals surface area contributed by atoms with E-state index in [-0.39, 0.29) is 0 Å². The number of nitrogens with zero attached hydrogens (tertiary/aromatic N) is 3. The van der Waals surface area contributed by atoms with Crippen LogP contribution in [0.4, 0.5) is 11.6 Å². The first-order valence-electron chi connectivity index (χ1n) is 7.58. The molecule has 0 bridgehead atoms. The number of pyridine rings is 2. The minimum absolute atomic E-state index is 0.634. The van der Waals surface area contributed by atoms with E-state index in [2.05, 4.69) is 40.9 Å². The molecule has 0 spiro atoms. The van der Waals surface area contributed by atoms with E-state index in [9.17, 15) is 0 Å². The van der Waals surface area contributed by atoms with E-state index in [0.29, 0.717) is 5.82 Å². The van der Waals surface area contributed by atoms with Gasteiger partial charge in [0.15, 0.2) is 5.82 Å². The summed E-state index contributed by atoms with van der Waals surface area (Å²) in [6.45, 7) is 6.29. The van der Waals surface area contributed by atoms with Gasteiger partial charge in [-0.15, -0.1) is 0 Å². The molecule has 0 aliphatic carbocycles. The first kappa shape index (κ1) is 13.9. The smallest absolute Gasteiger partial charge is 0.157 e. The summed E-state index contributed by atoms with van der Waals surface area (Å²) in [5.74, 6) is 1.58. The Hall–Kier alpha value is -2.10. The average Bonchev–Trinajstić information content (AvgIpc) is 2.99. The van der Waals surface area contributed by atoms with Gasteiger partial charge in [-0.3, -0.25) is 4.98 Å². The summed E-state index contributed by atoms with van der Waals surface area (Å²) in [7, 11) is 0. The van der Waals surface area contributed by atoms with Gasteiger partial charge in [0.25, 0.3) is 0 Å². The lowest BCUT2D eigenvalue weighted by atomic mass is 10.1. The molecule has 1 aliphatic rings. The van der Waals surface area contributed by atoms with Crippen molar-refractivity contribution >= 4 is 22.5 Å². The van der Waals surface area contributed by atoms with Crippen molar-refractivity contribution in [3.05, 3.63) is 35.5 Å². The third-order valence-electron chi connectivity index (χ3n) is 4.00. The second-order valence-corrected chi connectivity index (χ2v) is 5.88. The maximum atomic E-state index is 6.25. The molecule has 110 valence electrons. The number of aromatic nitrogens is 2. The topological polar surface area (TPSA) is 55.0 Å². The molecule has 0 atom stereocenters. The van der Waals surface area contributed by atoms with Crippen molar-refractivity contribution in [2.45, 2.75) is 33.1 Å². The maximum absolute atomic E-state index is 6.25. The van der Waals surface area contributed by atoms with Crippen LogP contribution in [0.3, 0.4) is 0 Å². The summed E-state index contributed by atoms with van der Waals surface area (Å²) in [5, 5.41) is 1.13. The van der Waals surface area contributed by atoms with Crippen LogP contribution < -0.4 is 10.6 Å². The fourth-order valence-corrected chi connectivity index (χ4v) is 2.87. The van der Waals surface area contributed by atoms with Crippen molar-refractivity contribution < 1.29 is 0 Å². The molecular weight excluding hydrogens is 260 g/mol. The molecule has 1 aliphatic heterocycles. The zero-order valence-electron chi connectivity index (χ0n) is 12.8. The number of hydrogen-bond acceptors (Lipinski definition) is 4. The number of nitrogen functional groups attached to an aromatic ring is 1. The normalized spacial score (nSPS) is 14.7. The van der Waals surface area contributed by atoms with Gasteiger partial charge in [-0.25, -0.2) is 4.98 Å². The Bertz CT molecular complexity index is 680. The Kier molecular flexibility index (Phi) is 3.78. The molecule has 0 amide bonds. The van der Waals surface area contributed by atoms with Crippen molar-refractivity contribution in [2.24, 2.45) is 0 Å². The Morgan fingerprint density at radius 2 is 2.10 bits per heavy atom. The molecule has 4 heteroatoms. The van der Waals surface area contributed by atoms with Crippen LogP contribution in [-0.2, 0) is 6.42 Å². The van der Waals surface area contributed by atoms with E-state index in [1.165, 1.54) is 18.4 Å². The number of hydrogen-bond donors (Lipinski definition) is 1. The Balaban J connectivity index is 2.15. The van der Waals surface area contributed by atoms with Gasteiger partial charge in [-0.2, -0.15) is 0 Å². The largest absolute Gasteiger partial charge is 0.383 e. The highest BCUT2D eigenvalue weighted by molar-refractivity contribution is 5.94. The molecular formula is C17H22N4. The highest BCUT2D eigenvalue weighted by atomic mass is 15.2. The molecule has 0 saturated carbocycles. The van der Waals surface area contributed by atoms with Gasteiger partial charge in [-0.1, -0.05) is 17.7 Å². The summed E-state index contributed by atoms with van der Waals surface area (Å²) >= 11 is 0. The van der Waals surface area contributed by atoms with E-state index in [1.54, 1.807) is 0 Å². The highest BCUT2D eigenvalue weighted by Gasteiger charge is 2.19. The first-order valence-corrected chi connectivity index (χ1v) is 7.58. The molecule has 2 N–H and O–H groups in total. The van der Waals surface area contributed by atoms with Crippen LogP contribution in [0, 0.1) is 0 Å². The molecule has 3 heterocycles. The van der Waals surface area contributed by atoms with Crippen molar-refractivity contribution in [1.29, 1.82) is 0 Å². The molecule has 1 saturated heterocycles.